The summed E-state index contributed by atoms with van der Waals surface area (Å²) in [6.07, 6.45) is 1.48. The van der Waals surface area contributed by atoms with E-state index in [-0.39, 0.29) is 6.54 Å². The first-order valence-electron chi connectivity index (χ1n) is 3.55. The van der Waals surface area contributed by atoms with Crippen molar-refractivity contribution in [3.63, 3.8) is 0 Å². The van der Waals surface area contributed by atoms with E-state index in [4.69, 9.17) is 10.3 Å². The smallest absolute Gasteiger partial charge is 0.323 e. The van der Waals surface area contributed by atoms with Gasteiger partial charge in [-0.2, -0.15) is 0 Å². The van der Waals surface area contributed by atoms with Gasteiger partial charge in [0.1, 0.15) is 5.76 Å². The van der Waals surface area contributed by atoms with Gasteiger partial charge in [-0.05, 0) is 12.1 Å². The number of hydrazine groups is 1. The Morgan fingerprint density at radius 1 is 1.46 bits per heavy atom. The third-order valence-corrected chi connectivity index (χ3v) is 1.34. The van der Waals surface area contributed by atoms with E-state index in [2.05, 4.69) is 5.32 Å². The van der Waals surface area contributed by atoms with Crippen LogP contribution in [-0.2, 0) is 16.1 Å². The van der Waals surface area contributed by atoms with Gasteiger partial charge in [0, 0.05) is 0 Å². The van der Waals surface area contributed by atoms with Gasteiger partial charge in [0.2, 0.25) is 0 Å². The minimum atomic E-state index is -0.883. The topological polar surface area (TPSA) is 97.4 Å². The lowest BCUT2D eigenvalue weighted by atomic mass is 10.4. The maximum Gasteiger partial charge on any atom is 0.323 e. The van der Waals surface area contributed by atoms with E-state index >= 15 is 0 Å². The predicted molar refractivity (Wildman–Crippen MR) is 42.9 cm³/mol. The highest BCUT2D eigenvalue weighted by Crippen LogP contribution is 1.97. The first-order chi connectivity index (χ1) is 6.24. The van der Waals surface area contributed by atoms with E-state index in [0.29, 0.717) is 5.76 Å². The van der Waals surface area contributed by atoms with Crippen molar-refractivity contribution in [1.82, 2.24) is 10.7 Å². The number of furan rings is 1. The van der Waals surface area contributed by atoms with Gasteiger partial charge in [-0.15, -0.1) is 0 Å². The van der Waals surface area contributed by atoms with Gasteiger partial charge in [0.25, 0.3) is 0 Å². The summed E-state index contributed by atoms with van der Waals surface area (Å²) < 4.78 is 4.92. The molecule has 0 aliphatic heterocycles. The number of carbonyl (C=O) groups excluding carboxylic acids is 2. The second-order valence-electron chi connectivity index (χ2n) is 2.24. The van der Waals surface area contributed by atoms with Crippen molar-refractivity contribution in [2.75, 3.05) is 0 Å². The van der Waals surface area contributed by atoms with Crippen molar-refractivity contribution in [1.29, 1.82) is 0 Å². The zero-order valence-electron chi connectivity index (χ0n) is 6.74. The molecule has 0 saturated carbocycles. The molecule has 0 atom stereocenters. The highest BCUT2D eigenvalue weighted by molar-refractivity contribution is 6.34. The van der Waals surface area contributed by atoms with Crippen LogP contribution in [-0.4, -0.2) is 11.8 Å². The van der Waals surface area contributed by atoms with Gasteiger partial charge in [-0.25, -0.2) is 5.84 Å². The minimum absolute atomic E-state index is 0.166. The Labute approximate surface area is 74.1 Å². The molecular weight excluding hydrogens is 174 g/mol. The molecule has 0 unspecified atom stereocenters. The van der Waals surface area contributed by atoms with Crippen molar-refractivity contribution in [2.24, 2.45) is 5.84 Å². The first kappa shape index (κ1) is 9.27. The highest BCUT2D eigenvalue weighted by atomic mass is 16.3. The van der Waals surface area contributed by atoms with Crippen molar-refractivity contribution in [3.8, 4) is 0 Å². The number of amides is 2. The van der Waals surface area contributed by atoms with E-state index in [1.54, 1.807) is 17.6 Å². The molecule has 0 fully saturated rings. The summed E-state index contributed by atoms with van der Waals surface area (Å²) in [6.45, 7) is 0.166. The maximum absolute atomic E-state index is 10.8. The van der Waals surface area contributed by atoms with Crippen LogP contribution in [0.3, 0.4) is 0 Å². The Balaban J connectivity index is 2.35. The second kappa shape index (κ2) is 4.27. The fraction of sp³-hybridized carbons (Fsp3) is 0.143. The molecule has 4 N–H and O–H groups in total. The molecule has 6 heteroatoms. The lowest BCUT2D eigenvalue weighted by Gasteiger charge is -2.00. The van der Waals surface area contributed by atoms with E-state index in [0.717, 1.165) is 0 Å². The van der Waals surface area contributed by atoms with Crippen LogP contribution in [0.1, 0.15) is 5.76 Å². The fourth-order valence-corrected chi connectivity index (χ4v) is 0.726. The quantitative estimate of drug-likeness (QED) is 0.234. The summed E-state index contributed by atoms with van der Waals surface area (Å²) in [6, 6.07) is 3.37. The summed E-state index contributed by atoms with van der Waals surface area (Å²) in [5.74, 6) is 3.63. The van der Waals surface area contributed by atoms with Crippen LogP contribution in [0.25, 0.3) is 0 Å². The molecule has 0 bridgehead atoms. The highest BCUT2D eigenvalue weighted by Gasteiger charge is 2.10. The van der Waals surface area contributed by atoms with Gasteiger partial charge in [0.15, 0.2) is 0 Å². The third kappa shape index (κ3) is 2.60. The summed E-state index contributed by atoms with van der Waals surface area (Å²) in [5.41, 5.74) is 1.71. The molecule has 6 nitrogen and oxygen atoms in total. The summed E-state index contributed by atoms with van der Waals surface area (Å²) in [7, 11) is 0. The molecule has 0 aromatic carbocycles. The van der Waals surface area contributed by atoms with Gasteiger partial charge in [-0.1, -0.05) is 0 Å². The molecule has 1 rings (SSSR count). The average molecular weight is 183 g/mol. The predicted octanol–water partition coefficient (Wildman–Crippen LogP) is -1.11. The summed E-state index contributed by atoms with van der Waals surface area (Å²) >= 11 is 0. The van der Waals surface area contributed by atoms with Gasteiger partial charge >= 0.3 is 11.8 Å². The molecule has 1 aromatic heterocycles. The third-order valence-electron chi connectivity index (χ3n) is 1.34. The number of hydrogen-bond acceptors (Lipinski definition) is 4. The Morgan fingerprint density at radius 3 is 2.77 bits per heavy atom. The zero-order chi connectivity index (χ0) is 9.68. The number of nitrogens with two attached hydrogens (primary N) is 1. The monoisotopic (exact) mass is 183 g/mol. The molecule has 70 valence electrons. The molecule has 13 heavy (non-hydrogen) atoms. The standard InChI is InChI=1S/C7H9N3O3/c8-10-7(12)6(11)9-4-5-2-1-3-13-5/h1-3H,4,8H2,(H,9,11)(H,10,12). The summed E-state index contributed by atoms with van der Waals surface area (Å²) in [4.78, 5) is 21.4. The SMILES string of the molecule is NNC(=O)C(=O)NCc1ccco1. The largest absolute Gasteiger partial charge is 0.467 e. The van der Waals surface area contributed by atoms with Gasteiger partial charge in [0.05, 0.1) is 12.8 Å². The number of hydrogen-bond donors (Lipinski definition) is 3. The van der Waals surface area contributed by atoms with Crippen molar-refractivity contribution < 1.29 is 14.0 Å². The lowest BCUT2D eigenvalue weighted by Crippen LogP contribution is -2.42. The average Bonchev–Trinajstić information content (AvgIpc) is 2.65. The molecule has 0 spiro atoms. The Bertz CT molecular complexity index is 294. The van der Waals surface area contributed by atoms with E-state index in [1.807, 2.05) is 0 Å². The zero-order valence-corrected chi connectivity index (χ0v) is 6.74. The van der Waals surface area contributed by atoms with Crippen LogP contribution in [0.4, 0.5) is 0 Å². The Hall–Kier alpha value is -1.82. The normalized spacial score (nSPS) is 9.31. The molecule has 0 radical (unpaired) electrons. The molecule has 1 heterocycles. The van der Waals surface area contributed by atoms with Gasteiger partial charge in [-0.3, -0.25) is 15.0 Å². The maximum atomic E-state index is 10.8. The first-order valence-corrected chi connectivity index (χ1v) is 3.55. The van der Waals surface area contributed by atoms with Crippen molar-refractivity contribution in [2.45, 2.75) is 6.54 Å². The number of rotatable bonds is 2. The number of nitrogens with one attached hydrogen (secondary N) is 2. The molecule has 0 aliphatic carbocycles. The Morgan fingerprint density at radius 2 is 2.23 bits per heavy atom. The minimum Gasteiger partial charge on any atom is -0.467 e. The Kier molecular flexibility index (Phi) is 3.04. The van der Waals surface area contributed by atoms with E-state index in [1.165, 1.54) is 6.26 Å². The lowest BCUT2D eigenvalue weighted by molar-refractivity contribution is -0.139. The van der Waals surface area contributed by atoms with Crippen LogP contribution in [0, 0.1) is 0 Å². The van der Waals surface area contributed by atoms with Crippen LogP contribution >= 0.6 is 0 Å². The number of carbonyl (C=O) groups is 2. The molecule has 2 amide bonds. The van der Waals surface area contributed by atoms with Crippen LogP contribution in [0.5, 0.6) is 0 Å². The van der Waals surface area contributed by atoms with Crippen molar-refractivity contribution in [3.05, 3.63) is 24.2 Å². The molecular formula is C7H9N3O3. The van der Waals surface area contributed by atoms with Crippen molar-refractivity contribution >= 4 is 11.8 Å². The molecule has 0 aliphatic rings. The van der Waals surface area contributed by atoms with Crippen LogP contribution in [0.15, 0.2) is 22.8 Å². The molecule has 1 aromatic rings. The molecule has 0 saturated heterocycles. The fourth-order valence-electron chi connectivity index (χ4n) is 0.726. The van der Waals surface area contributed by atoms with Gasteiger partial charge < -0.3 is 9.73 Å². The van der Waals surface area contributed by atoms with Crippen LogP contribution < -0.4 is 16.6 Å². The van der Waals surface area contributed by atoms with E-state index in [9.17, 15) is 9.59 Å². The summed E-state index contributed by atoms with van der Waals surface area (Å²) in [5, 5.41) is 2.31. The van der Waals surface area contributed by atoms with Crippen LogP contribution in [0.2, 0.25) is 0 Å². The van der Waals surface area contributed by atoms with E-state index < -0.39 is 11.8 Å². The second-order valence-corrected chi connectivity index (χ2v) is 2.24.